The van der Waals surface area contributed by atoms with Crippen LogP contribution < -0.4 is 11.1 Å². The molecule has 3 N–H and O–H groups in total. The topological polar surface area (TPSA) is 55.1 Å². The summed E-state index contributed by atoms with van der Waals surface area (Å²) < 4.78 is 26.4. The van der Waals surface area contributed by atoms with Gasteiger partial charge in [-0.1, -0.05) is 24.4 Å². The van der Waals surface area contributed by atoms with Crippen LogP contribution in [-0.4, -0.2) is 10.9 Å². The molecular weight excluding hydrogens is 282 g/mol. The monoisotopic (exact) mass is 292 g/mol. The first-order valence-electron chi connectivity index (χ1n) is 5.63. The molecule has 2 aromatic carbocycles. The van der Waals surface area contributed by atoms with Crippen LogP contribution >= 0.6 is 12.2 Å². The number of carbonyl (C=O) groups is 1. The number of benzene rings is 2. The standard InChI is InChI=1S/C14H10F2N2OS/c15-10-4-5-11(16)12(7-10)18-14(19)9-3-1-2-8(6-9)13(17)20/h1-7H,(H2,17,20)(H,18,19). The van der Waals surface area contributed by atoms with Gasteiger partial charge in [0.2, 0.25) is 0 Å². The molecule has 0 saturated heterocycles. The number of nitrogens with two attached hydrogens (primary N) is 1. The van der Waals surface area contributed by atoms with E-state index in [0.29, 0.717) is 5.56 Å². The molecule has 0 spiro atoms. The second-order valence-corrected chi connectivity index (χ2v) is 4.46. The Morgan fingerprint density at radius 1 is 1.10 bits per heavy atom. The van der Waals surface area contributed by atoms with E-state index in [-0.39, 0.29) is 16.2 Å². The normalized spacial score (nSPS) is 10.1. The number of nitrogens with one attached hydrogen (secondary N) is 1. The molecule has 1 amide bonds. The molecule has 2 rings (SSSR count). The van der Waals surface area contributed by atoms with Gasteiger partial charge in [-0.2, -0.15) is 0 Å². The molecule has 6 heteroatoms. The highest BCUT2D eigenvalue weighted by Gasteiger charge is 2.11. The van der Waals surface area contributed by atoms with E-state index in [9.17, 15) is 13.6 Å². The number of rotatable bonds is 3. The zero-order valence-corrected chi connectivity index (χ0v) is 11.0. The van der Waals surface area contributed by atoms with Gasteiger partial charge in [-0.25, -0.2) is 8.78 Å². The summed E-state index contributed by atoms with van der Waals surface area (Å²) in [6.07, 6.45) is 0. The molecule has 0 aliphatic heterocycles. The average molecular weight is 292 g/mol. The number of carbonyl (C=O) groups excluding carboxylic acids is 1. The van der Waals surface area contributed by atoms with E-state index >= 15 is 0 Å². The summed E-state index contributed by atoms with van der Waals surface area (Å²) in [5.74, 6) is -1.93. The summed E-state index contributed by atoms with van der Waals surface area (Å²) in [6, 6.07) is 9.08. The smallest absolute Gasteiger partial charge is 0.255 e. The number of hydrogen-bond acceptors (Lipinski definition) is 2. The van der Waals surface area contributed by atoms with Gasteiger partial charge in [0.25, 0.3) is 5.91 Å². The number of amides is 1. The van der Waals surface area contributed by atoms with Crippen LogP contribution in [0.5, 0.6) is 0 Å². The van der Waals surface area contributed by atoms with Crippen molar-refractivity contribution in [1.29, 1.82) is 0 Å². The number of anilines is 1. The van der Waals surface area contributed by atoms with Gasteiger partial charge in [0, 0.05) is 17.2 Å². The van der Waals surface area contributed by atoms with Crippen LogP contribution in [0.2, 0.25) is 0 Å². The predicted molar refractivity (Wildman–Crippen MR) is 76.6 cm³/mol. The molecule has 0 aromatic heterocycles. The third-order valence-corrected chi connectivity index (χ3v) is 2.82. The Morgan fingerprint density at radius 2 is 1.80 bits per heavy atom. The second-order valence-electron chi connectivity index (χ2n) is 4.02. The molecule has 0 heterocycles. The quantitative estimate of drug-likeness (QED) is 0.855. The van der Waals surface area contributed by atoms with Gasteiger partial charge in [0.1, 0.15) is 16.6 Å². The lowest BCUT2D eigenvalue weighted by Gasteiger charge is -2.07. The van der Waals surface area contributed by atoms with Gasteiger partial charge in [-0.05, 0) is 24.3 Å². The molecule has 0 aliphatic rings. The lowest BCUT2D eigenvalue weighted by Crippen LogP contribution is -2.15. The van der Waals surface area contributed by atoms with Crippen LogP contribution in [-0.2, 0) is 0 Å². The molecule has 0 radical (unpaired) electrons. The molecule has 0 atom stereocenters. The van der Waals surface area contributed by atoms with Crippen molar-refractivity contribution in [3.05, 3.63) is 65.2 Å². The first kappa shape index (κ1) is 14.1. The first-order chi connectivity index (χ1) is 9.47. The molecule has 0 unspecified atom stereocenters. The zero-order valence-electron chi connectivity index (χ0n) is 10.2. The molecule has 0 aliphatic carbocycles. The van der Waals surface area contributed by atoms with E-state index in [1.807, 2.05) is 0 Å². The summed E-state index contributed by atoms with van der Waals surface area (Å²) in [6.45, 7) is 0. The highest BCUT2D eigenvalue weighted by atomic mass is 32.1. The van der Waals surface area contributed by atoms with Gasteiger partial charge in [0.05, 0.1) is 5.69 Å². The summed E-state index contributed by atoms with van der Waals surface area (Å²) in [7, 11) is 0. The number of hydrogen-bond donors (Lipinski definition) is 2. The highest BCUT2D eigenvalue weighted by Crippen LogP contribution is 2.16. The fourth-order valence-electron chi connectivity index (χ4n) is 1.60. The maximum atomic E-state index is 13.4. The largest absolute Gasteiger partial charge is 0.389 e. The van der Waals surface area contributed by atoms with Gasteiger partial charge in [-0.15, -0.1) is 0 Å². The van der Waals surface area contributed by atoms with E-state index in [1.165, 1.54) is 12.1 Å². The van der Waals surface area contributed by atoms with Gasteiger partial charge in [-0.3, -0.25) is 4.79 Å². The Hall–Kier alpha value is -2.34. The SMILES string of the molecule is NC(=S)c1cccc(C(=O)Nc2cc(F)ccc2F)c1. The van der Waals surface area contributed by atoms with Crippen LogP contribution in [0, 0.1) is 11.6 Å². The highest BCUT2D eigenvalue weighted by molar-refractivity contribution is 7.80. The minimum Gasteiger partial charge on any atom is -0.389 e. The Labute approximate surface area is 119 Å². The van der Waals surface area contributed by atoms with Crippen molar-refractivity contribution in [1.82, 2.24) is 0 Å². The molecule has 102 valence electrons. The first-order valence-corrected chi connectivity index (χ1v) is 6.04. The van der Waals surface area contributed by atoms with Gasteiger partial charge in [0.15, 0.2) is 0 Å². The van der Waals surface area contributed by atoms with Crippen LogP contribution in [0.1, 0.15) is 15.9 Å². The number of thiocarbonyl (C=S) groups is 1. The lowest BCUT2D eigenvalue weighted by molar-refractivity contribution is 0.102. The number of halogens is 2. The van der Waals surface area contributed by atoms with Crippen LogP contribution in [0.25, 0.3) is 0 Å². The third-order valence-electron chi connectivity index (χ3n) is 2.59. The lowest BCUT2D eigenvalue weighted by atomic mass is 10.1. The maximum absolute atomic E-state index is 13.4. The van der Waals surface area contributed by atoms with Crippen molar-refractivity contribution in [3.8, 4) is 0 Å². The Balaban J connectivity index is 2.26. The van der Waals surface area contributed by atoms with Crippen molar-refractivity contribution in [2.24, 2.45) is 5.73 Å². The summed E-state index contributed by atoms with van der Waals surface area (Å²) in [5, 5.41) is 2.30. The molecule has 20 heavy (non-hydrogen) atoms. The van der Waals surface area contributed by atoms with Crippen LogP contribution in [0.3, 0.4) is 0 Å². The van der Waals surface area contributed by atoms with Crippen LogP contribution in [0.4, 0.5) is 14.5 Å². The van der Waals surface area contributed by atoms with Crippen molar-refractivity contribution >= 4 is 28.8 Å². The van der Waals surface area contributed by atoms with Gasteiger partial charge < -0.3 is 11.1 Å². The van der Waals surface area contributed by atoms with Crippen LogP contribution in [0.15, 0.2) is 42.5 Å². The van der Waals surface area contributed by atoms with E-state index in [4.69, 9.17) is 18.0 Å². The van der Waals surface area contributed by atoms with E-state index in [0.717, 1.165) is 18.2 Å². The molecule has 0 saturated carbocycles. The Morgan fingerprint density at radius 3 is 2.50 bits per heavy atom. The second kappa shape index (κ2) is 5.75. The minimum atomic E-state index is -0.717. The predicted octanol–water partition coefficient (Wildman–Crippen LogP) is 2.85. The maximum Gasteiger partial charge on any atom is 0.255 e. The van der Waals surface area contributed by atoms with E-state index in [2.05, 4.69) is 5.32 Å². The average Bonchev–Trinajstić information content (AvgIpc) is 2.43. The van der Waals surface area contributed by atoms with Crippen molar-refractivity contribution in [2.75, 3.05) is 5.32 Å². The zero-order chi connectivity index (χ0) is 14.7. The molecule has 3 nitrogen and oxygen atoms in total. The van der Waals surface area contributed by atoms with Crippen molar-refractivity contribution in [2.45, 2.75) is 0 Å². The fourth-order valence-corrected chi connectivity index (χ4v) is 1.73. The Kier molecular flexibility index (Phi) is 4.05. The van der Waals surface area contributed by atoms with Crippen molar-refractivity contribution in [3.63, 3.8) is 0 Å². The molecule has 0 bridgehead atoms. The molecular formula is C14H10F2N2OS. The summed E-state index contributed by atoms with van der Waals surface area (Å²) in [4.78, 5) is 12.1. The summed E-state index contributed by atoms with van der Waals surface area (Å²) >= 11 is 4.81. The third kappa shape index (κ3) is 3.16. The van der Waals surface area contributed by atoms with E-state index < -0.39 is 17.5 Å². The van der Waals surface area contributed by atoms with Crippen molar-refractivity contribution < 1.29 is 13.6 Å². The fraction of sp³-hybridized carbons (Fsp3) is 0. The van der Waals surface area contributed by atoms with Gasteiger partial charge >= 0.3 is 0 Å². The molecule has 2 aromatic rings. The Bertz CT molecular complexity index is 689. The minimum absolute atomic E-state index is 0.150. The summed E-state index contributed by atoms with van der Waals surface area (Å²) in [5.41, 5.74) is 6.01. The van der Waals surface area contributed by atoms with E-state index in [1.54, 1.807) is 12.1 Å². The molecule has 0 fully saturated rings.